The predicted molar refractivity (Wildman–Crippen MR) is 149 cm³/mol. The molecule has 0 saturated heterocycles. The number of nitrogens with zero attached hydrogens (tertiary/aromatic N) is 2. The first-order chi connectivity index (χ1) is 18.1. The summed E-state index contributed by atoms with van der Waals surface area (Å²) in [6.45, 7) is 2.06. The van der Waals surface area contributed by atoms with Gasteiger partial charge >= 0.3 is 0 Å². The van der Waals surface area contributed by atoms with E-state index in [0.29, 0.717) is 22.5 Å². The van der Waals surface area contributed by atoms with E-state index < -0.39 is 0 Å². The Bertz CT molecular complexity index is 1880. The van der Waals surface area contributed by atoms with Gasteiger partial charge in [0.2, 0.25) is 0 Å². The summed E-state index contributed by atoms with van der Waals surface area (Å²) in [4.78, 5) is 29.3. The number of carbonyl (C=O) groups excluding carboxylic acids is 2. The van der Waals surface area contributed by atoms with Crippen molar-refractivity contribution < 1.29 is 9.59 Å². The van der Waals surface area contributed by atoms with Crippen LogP contribution >= 0.6 is 0 Å². The summed E-state index contributed by atoms with van der Waals surface area (Å²) in [6.07, 6.45) is 0. The van der Waals surface area contributed by atoms with Gasteiger partial charge in [-0.25, -0.2) is 4.90 Å². The van der Waals surface area contributed by atoms with Crippen LogP contribution in [0, 0.1) is 6.92 Å². The SMILES string of the molecule is Cc1ccc2c3ccccc3n(-c3cccc4c3C(=O)N(c3ccccc3-c3ccccc3)C4=O)c2c1. The molecule has 0 bridgehead atoms. The molecule has 37 heavy (non-hydrogen) atoms. The van der Waals surface area contributed by atoms with Crippen molar-refractivity contribution in [3.05, 3.63) is 132 Å². The van der Waals surface area contributed by atoms with Gasteiger partial charge in [0, 0.05) is 16.3 Å². The van der Waals surface area contributed by atoms with Gasteiger partial charge in [0.1, 0.15) is 0 Å². The molecule has 0 aliphatic carbocycles. The first-order valence-corrected chi connectivity index (χ1v) is 12.3. The molecule has 0 saturated carbocycles. The van der Waals surface area contributed by atoms with Crippen LogP contribution in [0.1, 0.15) is 26.3 Å². The second-order valence-electron chi connectivity index (χ2n) is 9.40. The fourth-order valence-corrected chi connectivity index (χ4v) is 5.54. The molecule has 4 nitrogen and oxygen atoms in total. The Hall–Kier alpha value is -4.96. The second-order valence-corrected chi connectivity index (χ2v) is 9.40. The fourth-order valence-electron chi connectivity index (χ4n) is 5.54. The molecule has 0 N–H and O–H groups in total. The van der Waals surface area contributed by atoms with E-state index in [1.807, 2.05) is 78.9 Å². The lowest BCUT2D eigenvalue weighted by Gasteiger charge is -2.18. The van der Waals surface area contributed by atoms with Crippen molar-refractivity contribution in [1.29, 1.82) is 0 Å². The van der Waals surface area contributed by atoms with E-state index in [9.17, 15) is 9.59 Å². The van der Waals surface area contributed by atoms with Crippen molar-refractivity contribution in [1.82, 2.24) is 4.57 Å². The number of carbonyl (C=O) groups is 2. The smallest absolute Gasteiger partial charge is 0.268 e. The first kappa shape index (κ1) is 21.3. The Balaban J connectivity index is 1.47. The van der Waals surface area contributed by atoms with Crippen LogP contribution in [0.15, 0.2) is 115 Å². The molecule has 5 aromatic carbocycles. The number of aryl methyl sites for hydroxylation is 1. The zero-order valence-electron chi connectivity index (χ0n) is 20.2. The summed E-state index contributed by atoms with van der Waals surface area (Å²) in [6, 6.07) is 37.5. The highest BCUT2D eigenvalue weighted by molar-refractivity contribution is 6.36. The number of amides is 2. The minimum atomic E-state index is -0.308. The van der Waals surface area contributed by atoms with E-state index in [1.165, 1.54) is 4.90 Å². The second kappa shape index (κ2) is 8.04. The lowest BCUT2D eigenvalue weighted by atomic mass is 10.0. The van der Waals surface area contributed by atoms with Crippen LogP contribution in [0.4, 0.5) is 5.69 Å². The zero-order chi connectivity index (χ0) is 25.1. The Labute approximate surface area is 214 Å². The summed E-state index contributed by atoms with van der Waals surface area (Å²) in [5, 5.41) is 2.22. The van der Waals surface area contributed by atoms with Gasteiger partial charge in [-0.2, -0.15) is 0 Å². The number of hydrogen-bond donors (Lipinski definition) is 0. The van der Waals surface area contributed by atoms with Gasteiger partial charge < -0.3 is 4.57 Å². The molecule has 1 aromatic heterocycles. The predicted octanol–water partition coefficient (Wildman–Crippen LogP) is 7.56. The quantitative estimate of drug-likeness (QED) is 0.246. The monoisotopic (exact) mass is 478 g/mol. The van der Waals surface area contributed by atoms with Crippen LogP contribution in [0.5, 0.6) is 0 Å². The lowest BCUT2D eigenvalue weighted by molar-refractivity contribution is 0.0926. The summed E-state index contributed by atoms with van der Waals surface area (Å²) >= 11 is 0. The minimum Gasteiger partial charge on any atom is -0.308 e. The van der Waals surface area contributed by atoms with Gasteiger partial charge in [0.05, 0.1) is 33.5 Å². The molecule has 0 atom stereocenters. The van der Waals surface area contributed by atoms with Crippen LogP contribution in [0.25, 0.3) is 38.6 Å². The van der Waals surface area contributed by atoms with Crippen LogP contribution in [0.3, 0.4) is 0 Å². The van der Waals surface area contributed by atoms with Crippen LogP contribution in [-0.2, 0) is 0 Å². The van der Waals surface area contributed by atoms with Crippen LogP contribution in [-0.4, -0.2) is 16.4 Å². The number of anilines is 1. The molecule has 2 heterocycles. The first-order valence-electron chi connectivity index (χ1n) is 12.3. The molecule has 2 amide bonds. The number of aromatic nitrogens is 1. The Morgan fingerprint density at radius 3 is 2.08 bits per heavy atom. The molecule has 4 heteroatoms. The number of hydrogen-bond acceptors (Lipinski definition) is 2. The van der Waals surface area contributed by atoms with Crippen molar-refractivity contribution in [3.8, 4) is 16.8 Å². The third-order valence-electron chi connectivity index (χ3n) is 7.19. The standard InChI is InChI=1S/C33H22N2O2/c1-21-18-19-25-24-13-6-8-16-28(24)34(30(25)20-21)29-17-9-14-26-31(29)33(37)35(32(26)36)27-15-7-5-12-23(27)22-10-3-2-4-11-22/h2-20H,1H3. The van der Waals surface area contributed by atoms with Crippen LogP contribution in [0.2, 0.25) is 0 Å². The van der Waals surface area contributed by atoms with Crippen molar-refractivity contribution in [2.24, 2.45) is 0 Å². The van der Waals surface area contributed by atoms with Crippen LogP contribution < -0.4 is 4.90 Å². The number of benzene rings is 5. The van der Waals surface area contributed by atoms with E-state index in [2.05, 4.69) is 41.8 Å². The molecular formula is C33H22N2O2. The van der Waals surface area contributed by atoms with E-state index in [4.69, 9.17) is 0 Å². The van der Waals surface area contributed by atoms with E-state index >= 15 is 0 Å². The number of imide groups is 1. The molecule has 0 spiro atoms. The fraction of sp³-hybridized carbons (Fsp3) is 0.0303. The summed E-state index contributed by atoms with van der Waals surface area (Å²) in [7, 11) is 0. The topological polar surface area (TPSA) is 42.3 Å². The van der Waals surface area contributed by atoms with Gasteiger partial charge in [-0.15, -0.1) is 0 Å². The molecular weight excluding hydrogens is 456 g/mol. The van der Waals surface area contributed by atoms with Gasteiger partial charge in [0.25, 0.3) is 11.8 Å². The molecule has 7 rings (SSSR count). The lowest BCUT2D eigenvalue weighted by Crippen LogP contribution is -2.30. The third kappa shape index (κ3) is 3.09. The summed E-state index contributed by atoms with van der Waals surface area (Å²) in [5.41, 5.74) is 7.09. The Kier molecular flexibility index (Phi) is 4.63. The Morgan fingerprint density at radius 1 is 0.541 bits per heavy atom. The average Bonchev–Trinajstić information content (AvgIpc) is 3.39. The van der Waals surface area contributed by atoms with E-state index in [-0.39, 0.29) is 11.8 Å². The third-order valence-corrected chi connectivity index (χ3v) is 7.19. The van der Waals surface area contributed by atoms with Gasteiger partial charge in [-0.3, -0.25) is 9.59 Å². The number of para-hydroxylation sites is 2. The maximum Gasteiger partial charge on any atom is 0.268 e. The molecule has 0 fully saturated rings. The maximum absolute atomic E-state index is 14.1. The van der Waals surface area contributed by atoms with Crippen molar-refractivity contribution >= 4 is 39.3 Å². The molecule has 0 unspecified atom stereocenters. The van der Waals surface area contributed by atoms with Gasteiger partial charge in [-0.1, -0.05) is 84.9 Å². The van der Waals surface area contributed by atoms with Crippen molar-refractivity contribution in [2.45, 2.75) is 6.92 Å². The van der Waals surface area contributed by atoms with Gasteiger partial charge in [-0.05, 0) is 48.4 Å². The highest BCUT2D eigenvalue weighted by Crippen LogP contribution is 2.40. The minimum absolute atomic E-state index is 0.304. The zero-order valence-corrected chi connectivity index (χ0v) is 20.2. The van der Waals surface area contributed by atoms with Gasteiger partial charge in [0.15, 0.2) is 0 Å². The van der Waals surface area contributed by atoms with E-state index in [1.54, 1.807) is 6.07 Å². The highest BCUT2D eigenvalue weighted by Gasteiger charge is 2.40. The molecule has 6 aromatic rings. The average molecular weight is 479 g/mol. The number of fused-ring (bicyclic) bond motifs is 4. The molecule has 0 radical (unpaired) electrons. The van der Waals surface area contributed by atoms with Crippen molar-refractivity contribution in [2.75, 3.05) is 4.90 Å². The molecule has 1 aliphatic rings. The molecule has 1 aliphatic heterocycles. The Morgan fingerprint density at radius 2 is 1.22 bits per heavy atom. The van der Waals surface area contributed by atoms with E-state index in [0.717, 1.165) is 38.5 Å². The largest absolute Gasteiger partial charge is 0.308 e. The number of rotatable bonds is 3. The highest BCUT2D eigenvalue weighted by atomic mass is 16.2. The maximum atomic E-state index is 14.1. The normalized spacial score (nSPS) is 13.1. The summed E-state index contributed by atoms with van der Waals surface area (Å²) < 4.78 is 2.12. The molecule has 176 valence electrons. The van der Waals surface area contributed by atoms with Crippen molar-refractivity contribution in [3.63, 3.8) is 0 Å². The summed E-state index contributed by atoms with van der Waals surface area (Å²) in [5.74, 6) is -0.611.